The normalized spacial score (nSPS) is 10.7. The average molecular weight is 377 g/mol. The van der Waals surface area contributed by atoms with Gasteiger partial charge < -0.3 is 0 Å². The fourth-order valence-corrected chi connectivity index (χ4v) is 3.51. The van der Waals surface area contributed by atoms with Gasteiger partial charge >= 0.3 is 0 Å². The van der Waals surface area contributed by atoms with E-state index >= 15 is 0 Å². The van der Waals surface area contributed by atoms with Crippen LogP contribution in [0.3, 0.4) is 0 Å². The van der Waals surface area contributed by atoms with Crippen molar-refractivity contribution in [2.45, 2.75) is 13.8 Å². The molecule has 0 aliphatic heterocycles. The van der Waals surface area contributed by atoms with Gasteiger partial charge in [0.1, 0.15) is 0 Å². The Bertz CT molecular complexity index is 921. The third-order valence-electron chi connectivity index (χ3n) is 3.57. The Balaban J connectivity index is 1.83. The predicted molar refractivity (Wildman–Crippen MR) is 101 cm³/mol. The van der Waals surface area contributed by atoms with E-state index in [9.17, 15) is 4.79 Å². The smallest absolute Gasteiger partial charge is 0.257 e. The lowest BCUT2D eigenvalue weighted by Gasteiger charge is -2.06. The van der Waals surface area contributed by atoms with Gasteiger partial charge in [-0.3, -0.25) is 10.1 Å². The molecule has 6 heteroatoms. The molecule has 1 heterocycles. The van der Waals surface area contributed by atoms with Gasteiger partial charge in [0.05, 0.1) is 10.7 Å². The van der Waals surface area contributed by atoms with Gasteiger partial charge in [-0.05, 0) is 43.7 Å². The topological polar surface area (TPSA) is 42.0 Å². The molecule has 3 nitrogen and oxygen atoms in total. The highest BCUT2D eigenvalue weighted by molar-refractivity contribution is 7.14. The van der Waals surface area contributed by atoms with Crippen molar-refractivity contribution in [3.8, 4) is 11.3 Å². The molecule has 0 aliphatic carbocycles. The molecule has 0 radical (unpaired) electrons. The molecule has 0 spiro atoms. The number of halogens is 2. The number of rotatable bonds is 3. The lowest BCUT2D eigenvalue weighted by atomic mass is 10.1. The number of hydrogen-bond donors (Lipinski definition) is 1. The van der Waals surface area contributed by atoms with Crippen LogP contribution >= 0.6 is 34.5 Å². The summed E-state index contributed by atoms with van der Waals surface area (Å²) in [6.45, 7) is 3.87. The van der Waals surface area contributed by atoms with Crippen molar-refractivity contribution in [3.05, 3.63) is 68.5 Å². The fourth-order valence-electron chi connectivity index (χ4n) is 2.30. The highest BCUT2D eigenvalue weighted by Gasteiger charge is 2.13. The zero-order valence-corrected chi connectivity index (χ0v) is 15.4. The lowest BCUT2D eigenvalue weighted by Crippen LogP contribution is -2.13. The summed E-state index contributed by atoms with van der Waals surface area (Å²) in [5.41, 5.74) is 4.10. The highest BCUT2D eigenvalue weighted by Crippen LogP contribution is 2.32. The van der Waals surface area contributed by atoms with Gasteiger partial charge in [0.25, 0.3) is 5.91 Å². The van der Waals surface area contributed by atoms with E-state index in [1.807, 2.05) is 43.5 Å². The average Bonchev–Trinajstić information content (AvgIpc) is 2.97. The van der Waals surface area contributed by atoms with Crippen LogP contribution in [0.5, 0.6) is 0 Å². The molecular formula is C18H14Cl2N2OS. The quantitative estimate of drug-likeness (QED) is 0.610. The zero-order chi connectivity index (χ0) is 17.3. The SMILES string of the molecule is Cc1ccc(C)c(C(=O)Nc2nc(-c3ccc(Cl)cc3Cl)cs2)c1. The summed E-state index contributed by atoms with van der Waals surface area (Å²) in [5.74, 6) is -0.167. The lowest BCUT2D eigenvalue weighted by molar-refractivity contribution is 0.102. The van der Waals surface area contributed by atoms with E-state index in [2.05, 4.69) is 10.3 Å². The van der Waals surface area contributed by atoms with Gasteiger partial charge in [0.15, 0.2) is 5.13 Å². The van der Waals surface area contributed by atoms with E-state index in [1.165, 1.54) is 11.3 Å². The van der Waals surface area contributed by atoms with Gasteiger partial charge in [0.2, 0.25) is 0 Å². The molecule has 122 valence electrons. The third kappa shape index (κ3) is 3.61. The molecule has 0 unspecified atom stereocenters. The third-order valence-corrected chi connectivity index (χ3v) is 4.87. The molecule has 0 atom stereocenters. The largest absolute Gasteiger partial charge is 0.298 e. The van der Waals surface area contributed by atoms with Crippen molar-refractivity contribution in [3.63, 3.8) is 0 Å². The first-order valence-electron chi connectivity index (χ1n) is 7.23. The van der Waals surface area contributed by atoms with Crippen LogP contribution < -0.4 is 5.32 Å². The minimum Gasteiger partial charge on any atom is -0.298 e. The molecule has 1 aromatic heterocycles. The summed E-state index contributed by atoms with van der Waals surface area (Å²) in [5, 5.41) is 6.33. The molecule has 0 aliphatic rings. The molecule has 0 saturated carbocycles. The fraction of sp³-hybridized carbons (Fsp3) is 0.111. The van der Waals surface area contributed by atoms with Gasteiger partial charge in [0, 0.05) is 21.5 Å². The molecule has 3 aromatic rings. The second-order valence-corrected chi connectivity index (χ2v) is 7.14. The number of amides is 1. The summed E-state index contributed by atoms with van der Waals surface area (Å²) < 4.78 is 0. The number of nitrogens with zero attached hydrogens (tertiary/aromatic N) is 1. The first-order valence-corrected chi connectivity index (χ1v) is 8.87. The summed E-state index contributed by atoms with van der Waals surface area (Å²) in [4.78, 5) is 16.9. The van der Waals surface area contributed by atoms with Crippen LogP contribution in [0.25, 0.3) is 11.3 Å². The Morgan fingerprint density at radius 3 is 2.67 bits per heavy atom. The maximum atomic E-state index is 12.5. The highest BCUT2D eigenvalue weighted by atomic mass is 35.5. The Morgan fingerprint density at radius 2 is 1.92 bits per heavy atom. The standard InChI is InChI=1S/C18H14Cl2N2OS/c1-10-3-4-11(2)14(7-10)17(23)22-18-21-16(9-24-18)13-6-5-12(19)8-15(13)20/h3-9H,1-2H3,(H,21,22,23). The number of nitrogens with one attached hydrogen (secondary N) is 1. The van der Waals surface area contributed by atoms with Crippen LogP contribution in [0.1, 0.15) is 21.5 Å². The first kappa shape index (κ1) is 17.0. The van der Waals surface area contributed by atoms with Crippen molar-refractivity contribution in [2.24, 2.45) is 0 Å². The van der Waals surface area contributed by atoms with Gasteiger partial charge in [-0.15, -0.1) is 11.3 Å². The van der Waals surface area contributed by atoms with E-state index in [0.29, 0.717) is 26.4 Å². The Kier molecular flexibility index (Phi) is 4.90. The number of carbonyl (C=O) groups excluding carboxylic acids is 1. The first-order chi connectivity index (χ1) is 11.4. The molecule has 1 amide bonds. The van der Waals surface area contributed by atoms with Crippen LogP contribution in [-0.2, 0) is 0 Å². The monoisotopic (exact) mass is 376 g/mol. The minimum atomic E-state index is -0.167. The van der Waals surface area contributed by atoms with Crippen molar-refractivity contribution < 1.29 is 4.79 Å². The Morgan fingerprint density at radius 1 is 1.12 bits per heavy atom. The summed E-state index contributed by atoms with van der Waals surface area (Å²) in [6.07, 6.45) is 0. The molecule has 2 aromatic carbocycles. The van der Waals surface area contributed by atoms with Crippen molar-refractivity contribution in [2.75, 3.05) is 5.32 Å². The number of anilines is 1. The van der Waals surface area contributed by atoms with Gasteiger partial charge in [-0.1, -0.05) is 40.9 Å². The van der Waals surface area contributed by atoms with E-state index in [1.54, 1.807) is 12.1 Å². The molecule has 0 saturated heterocycles. The molecule has 0 fully saturated rings. The van der Waals surface area contributed by atoms with Gasteiger partial charge in [-0.25, -0.2) is 4.98 Å². The Labute approximate surface area is 154 Å². The van der Waals surface area contributed by atoms with Crippen LogP contribution in [0, 0.1) is 13.8 Å². The minimum absolute atomic E-state index is 0.167. The predicted octanol–water partition coefficient (Wildman–Crippen LogP) is 5.99. The van der Waals surface area contributed by atoms with Crippen LogP contribution in [-0.4, -0.2) is 10.9 Å². The van der Waals surface area contributed by atoms with E-state index in [0.717, 1.165) is 16.7 Å². The number of aromatic nitrogens is 1. The van der Waals surface area contributed by atoms with Crippen LogP contribution in [0.15, 0.2) is 41.8 Å². The van der Waals surface area contributed by atoms with E-state index in [-0.39, 0.29) is 5.91 Å². The number of carbonyl (C=O) groups is 1. The Hall–Kier alpha value is -1.88. The van der Waals surface area contributed by atoms with E-state index in [4.69, 9.17) is 23.2 Å². The second-order valence-electron chi connectivity index (χ2n) is 5.43. The molecule has 24 heavy (non-hydrogen) atoms. The van der Waals surface area contributed by atoms with Crippen LogP contribution in [0.4, 0.5) is 5.13 Å². The van der Waals surface area contributed by atoms with Crippen LogP contribution in [0.2, 0.25) is 10.0 Å². The van der Waals surface area contributed by atoms with Crippen molar-refractivity contribution in [1.82, 2.24) is 4.98 Å². The number of benzene rings is 2. The van der Waals surface area contributed by atoms with Crippen molar-refractivity contribution in [1.29, 1.82) is 0 Å². The zero-order valence-electron chi connectivity index (χ0n) is 13.1. The van der Waals surface area contributed by atoms with Crippen molar-refractivity contribution >= 4 is 45.6 Å². The number of thiazole rings is 1. The van der Waals surface area contributed by atoms with Gasteiger partial charge in [-0.2, -0.15) is 0 Å². The maximum Gasteiger partial charge on any atom is 0.257 e. The van der Waals surface area contributed by atoms with E-state index < -0.39 is 0 Å². The molecular weight excluding hydrogens is 363 g/mol. The molecule has 0 bridgehead atoms. The summed E-state index contributed by atoms with van der Waals surface area (Å²) in [7, 11) is 0. The molecule has 1 N–H and O–H groups in total. The number of aryl methyl sites for hydroxylation is 2. The maximum absolute atomic E-state index is 12.5. The summed E-state index contributed by atoms with van der Waals surface area (Å²) in [6, 6.07) is 11.0. The number of hydrogen-bond acceptors (Lipinski definition) is 3. The summed E-state index contributed by atoms with van der Waals surface area (Å²) >= 11 is 13.5. The second kappa shape index (κ2) is 6.93. The molecule has 3 rings (SSSR count).